The third-order valence-corrected chi connectivity index (χ3v) is 2.09. The standard InChI is InChI=1S/C9H11NO/c1-7-3-4-9-10(8(7)2)5-6-11-9/h3-4H,2,5-6H2,1H3. The normalized spacial score (nSPS) is 22.3. The zero-order valence-electron chi connectivity index (χ0n) is 6.63. The smallest absolute Gasteiger partial charge is 0.193 e. The van der Waals surface area contributed by atoms with Crippen molar-refractivity contribution in [3.63, 3.8) is 0 Å². The van der Waals surface area contributed by atoms with Crippen molar-refractivity contribution in [3.8, 4) is 0 Å². The topological polar surface area (TPSA) is 12.5 Å². The van der Waals surface area contributed by atoms with E-state index in [1.54, 1.807) is 0 Å². The van der Waals surface area contributed by atoms with Gasteiger partial charge in [0.25, 0.3) is 0 Å². The second-order valence-corrected chi connectivity index (χ2v) is 2.80. The van der Waals surface area contributed by atoms with Crippen LogP contribution in [-0.2, 0) is 4.74 Å². The van der Waals surface area contributed by atoms with Gasteiger partial charge < -0.3 is 9.64 Å². The number of hydrogen-bond donors (Lipinski definition) is 0. The molecule has 0 aromatic carbocycles. The van der Waals surface area contributed by atoms with Gasteiger partial charge in [0.05, 0.1) is 6.54 Å². The molecule has 0 bridgehead atoms. The summed E-state index contributed by atoms with van der Waals surface area (Å²) in [6, 6.07) is 0. The molecule has 0 unspecified atom stereocenters. The Morgan fingerprint density at radius 2 is 2.36 bits per heavy atom. The molecule has 2 rings (SSSR count). The second-order valence-electron chi connectivity index (χ2n) is 2.80. The highest BCUT2D eigenvalue weighted by atomic mass is 16.5. The molecule has 2 aliphatic heterocycles. The average Bonchev–Trinajstić information content (AvgIpc) is 2.45. The SMILES string of the molecule is C=C1C(C)=CC=C2OCCN12. The molecule has 0 aliphatic carbocycles. The Balaban J connectivity index is 2.36. The monoisotopic (exact) mass is 149 g/mol. The molecule has 1 fully saturated rings. The lowest BCUT2D eigenvalue weighted by Gasteiger charge is -2.23. The van der Waals surface area contributed by atoms with Gasteiger partial charge in [-0.2, -0.15) is 0 Å². The molecule has 0 saturated carbocycles. The predicted molar refractivity (Wildman–Crippen MR) is 43.6 cm³/mol. The van der Waals surface area contributed by atoms with Gasteiger partial charge in [0.2, 0.25) is 0 Å². The van der Waals surface area contributed by atoms with Crippen molar-refractivity contribution in [2.45, 2.75) is 6.92 Å². The van der Waals surface area contributed by atoms with E-state index in [4.69, 9.17) is 4.74 Å². The maximum Gasteiger partial charge on any atom is 0.193 e. The number of nitrogens with zero attached hydrogens (tertiary/aromatic N) is 1. The first-order valence-corrected chi connectivity index (χ1v) is 3.77. The fourth-order valence-corrected chi connectivity index (χ4v) is 1.34. The largest absolute Gasteiger partial charge is 0.477 e. The number of hydrogen-bond acceptors (Lipinski definition) is 2. The summed E-state index contributed by atoms with van der Waals surface area (Å²) < 4.78 is 5.36. The molecule has 2 heterocycles. The van der Waals surface area contributed by atoms with E-state index < -0.39 is 0 Å². The van der Waals surface area contributed by atoms with Crippen LogP contribution in [0.3, 0.4) is 0 Å². The fraction of sp³-hybridized carbons (Fsp3) is 0.333. The lowest BCUT2D eigenvalue weighted by molar-refractivity contribution is 0.246. The van der Waals surface area contributed by atoms with E-state index in [2.05, 4.69) is 18.4 Å². The molecular weight excluding hydrogens is 138 g/mol. The molecule has 0 spiro atoms. The molecule has 1 saturated heterocycles. The van der Waals surface area contributed by atoms with Crippen LogP contribution in [0.4, 0.5) is 0 Å². The predicted octanol–water partition coefficient (Wildman–Crippen LogP) is 1.63. The summed E-state index contributed by atoms with van der Waals surface area (Å²) in [4.78, 5) is 2.11. The molecule has 0 amide bonds. The highest BCUT2D eigenvalue weighted by Crippen LogP contribution is 2.27. The summed E-state index contributed by atoms with van der Waals surface area (Å²) in [6.45, 7) is 7.76. The van der Waals surface area contributed by atoms with E-state index in [1.165, 1.54) is 5.57 Å². The maximum atomic E-state index is 5.36. The third-order valence-electron chi connectivity index (χ3n) is 2.09. The number of allylic oxidation sites excluding steroid dienone is 3. The Hall–Kier alpha value is -1.18. The van der Waals surface area contributed by atoms with E-state index in [0.29, 0.717) is 0 Å². The lowest BCUT2D eigenvalue weighted by Crippen LogP contribution is -2.19. The highest BCUT2D eigenvalue weighted by Gasteiger charge is 2.23. The molecule has 2 heteroatoms. The van der Waals surface area contributed by atoms with Crippen LogP contribution in [-0.4, -0.2) is 18.1 Å². The summed E-state index contributed by atoms with van der Waals surface area (Å²) in [5.41, 5.74) is 2.29. The van der Waals surface area contributed by atoms with Crippen LogP contribution in [0.2, 0.25) is 0 Å². The minimum Gasteiger partial charge on any atom is -0.477 e. The third kappa shape index (κ3) is 0.862. The molecule has 2 nitrogen and oxygen atoms in total. The number of fused-ring (bicyclic) bond motifs is 1. The van der Waals surface area contributed by atoms with Crippen molar-refractivity contribution in [3.05, 3.63) is 35.9 Å². The van der Waals surface area contributed by atoms with Crippen LogP contribution in [0, 0.1) is 0 Å². The molecule has 2 aliphatic rings. The summed E-state index contributed by atoms with van der Waals surface area (Å²) in [7, 11) is 0. The van der Waals surface area contributed by atoms with Crippen molar-refractivity contribution in [1.82, 2.24) is 4.90 Å². The second kappa shape index (κ2) is 2.16. The van der Waals surface area contributed by atoms with Gasteiger partial charge in [-0.15, -0.1) is 0 Å². The van der Waals surface area contributed by atoms with Crippen molar-refractivity contribution in [1.29, 1.82) is 0 Å². The maximum absolute atomic E-state index is 5.36. The van der Waals surface area contributed by atoms with E-state index in [-0.39, 0.29) is 0 Å². The van der Waals surface area contributed by atoms with Crippen LogP contribution >= 0.6 is 0 Å². The van der Waals surface area contributed by atoms with Crippen LogP contribution in [0.15, 0.2) is 35.9 Å². The zero-order valence-corrected chi connectivity index (χ0v) is 6.63. The summed E-state index contributed by atoms with van der Waals surface area (Å²) in [5.74, 6) is 0.945. The van der Waals surface area contributed by atoms with Crippen molar-refractivity contribution in [2.75, 3.05) is 13.2 Å². The van der Waals surface area contributed by atoms with Gasteiger partial charge in [-0.1, -0.05) is 12.7 Å². The first-order valence-electron chi connectivity index (χ1n) is 3.77. The molecule has 0 aromatic heterocycles. The van der Waals surface area contributed by atoms with Crippen LogP contribution in [0.25, 0.3) is 0 Å². The van der Waals surface area contributed by atoms with Crippen LogP contribution < -0.4 is 0 Å². The molecule has 11 heavy (non-hydrogen) atoms. The van der Waals surface area contributed by atoms with Gasteiger partial charge in [-0.05, 0) is 18.6 Å². The zero-order chi connectivity index (χ0) is 7.84. The average molecular weight is 149 g/mol. The lowest BCUT2D eigenvalue weighted by atomic mass is 10.1. The van der Waals surface area contributed by atoms with Gasteiger partial charge in [0.15, 0.2) is 5.88 Å². The van der Waals surface area contributed by atoms with Gasteiger partial charge in [0.1, 0.15) is 6.61 Å². The highest BCUT2D eigenvalue weighted by molar-refractivity contribution is 5.36. The van der Waals surface area contributed by atoms with E-state index in [1.807, 2.05) is 12.2 Å². The molecule has 0 atom stereocenters. The van der Waals surface area contributed by atoms with Gasteiger partial charge in [-0.25, -0.2) is 0 Å². The molecule has 0 N–H and O–H groups in total. The van der Waals surface area contributed by atoms with Gasteiger partial charge in [0, 0.05) is 5.70 Å². The minimum absolute atomic E-state index is 0.784. The van der Waals surface area contributed by atoms with E-state index in [9.17, 15) is 0 Å². The van der Waals surface area contributed by atoms with E-state index in [0.717, 1.165) is 24.7 Å². The fourth-order valence-electron chi connectivity index (χ4n) is 1.34. The molecule has 58 valence electrons. The first kappa shape index (κ1) is 6.53. The Labute approximate surface area is 66.5 Å². The number of rotatable bonds is 0. The molecule has 0 radical (unpaired) electrons. The summed E-state index contributed by atoms with van der Waals surface area (Å²) in [6.07, 6.45) is 4.04. The Kier molecular flexibility index (Phi) is 1.28. The summed E-state index contributed by atoms with van der Waals surface area (Å²) in [5, 5.41) is 0. The van der Waals surface area contributed by atoms with Crippen molar-refractivity contribution in [2.24, 2.45) is 0 Å². The van der Waals surface area contributed by atoms with Gasteiger partial charge >= 0.3 is 0 Å². The summed E-state index contributed by atoms with van der Waals surface area (Å²) >= 11 is 0. The Morgan fingerprint density at radius 1 is 1.55 bits per heavy atom. The Morgan fingerprint density at radius 3 is 3.18 bits per heavy atom. The quantitative estimate of drug-likeness (QED) is 0.519. The van der Waals surface area contributed by atoms with Crippen LogP contribution in [0.1, 0.15) is 6.92 Å². The molecule has 0 aromatic rings. The van der Waals surface area contributed by atoms with Gasteiger partial charge in [-0.3, -0.25) is 0 Å². The first-order chi connectivity index (χ1) is 5.29. The minimum atomic E-state index is 0.784. The van der Waals surface area contributed by atoms with Crippen LogP contribution in [0.5, 0.6) is 0 Å². The Bertz CT molecular complexity index is 263. The molecular formula is C9H11NO. The number of ether oxygens (including phenoxy) is 1. The van der Waals surface area contributed by atoms with E-state index >= 15 is 0 Å². The van der Waals surface area contributed by atoms with Crippen molar-refractivity contribution < 1.29 is 4.74 Å². The van der Waals surface area contributed by atoms with Crippen molar-refractivity contribution >= 4 is 0 Å².